The molecule has 1 unspecified atom stereocenters. The molecule has 0 bridgehead atoms. The van der Waals surface area contributed by atoms with Crippen LogP contribution in [0.4, 0.5) is 5.82 Å². The van der Waals surface area contributed by atoms with Gasteiger partial charge in [-0.2, -0.15) is 5.10 Å². The van der Waals surface area contributed by atoms with E-state index in [2.05, 4.69) is 38.3 Å². The van der Waals surface area contributed by atoms with Crippen molar-refractivity contribution in [2.75, 3.05) is 50.7 Å². The number of nitrogens with zero attached hydrogens (tertiary/aromatic N) is 3. The van der Waals surface area contributed by atoms with E-state index in [4.69, 9.17) is 0 Å². The van der Waals surface area contributed by atoms with Gasteiger partial charge >= 0.3 is 0 Å². The van der Waals surface area contributed by atoms with Crippen LogP contribution in [0.25, 0.3) is 0 Å². The SMILES string of the molecule is CC1(CN2CCN(c3cc(C4CC4)[nH]n3)CC2)CCNC1.Cl. The van der Waals surface area contributed by atoms with Gasteiger partial charge in [-0.15, -0.1) is 12.4 Å². The Morgan fingerprint density at radius 3 is 2.68 bits per heavy atom. The number of H-pyrrole nitrogens is 1. The molecule has 0 spiro atoms. The predicted octanol–water partition coefficient (Wildman–Crippen LogP) is 1.83. The third-order valence-corrected chi connectivity index (χ3v) is 5.36. The topological polar surface area (TPSA) is 47.2 Å². The number of piperazine rings is 1. The summed E-state index contributed by atoms with van der Waals surface area (Å²) in [4.78, 5) is 5.08. The number of hydrogen-bond donors (Lipinski definition) is 2. The second kappa shape index (κ2) is 6.38. The Hall–Kier alpha value is -0.780. The zero-order valence-electron chi connectivity index (χ0n) is 13.5. The predicted molar refractivity (Wildman–Crippen MR) is 92.1 cm³/mol. The van der Waals surface area contributed by atoms with E-state index in [1.807, 2.05) is 0 Å². The molecule has 3 fully saturated rings. The molecule has 2 aliphatic heterocycles. The van der Waals surface area contributed by atoms with Gasteiger partial charge in [0.15, 0.2) is 5.82 Å². The van der Waals surface area contributed by atoms with Crippen LogP contribution in [-0.4, -0.2) is 60.9 Å². The first-order valence-electron chi connectivity index (χ1n) is 8.45. The zero-order valence-corrected chi connectivity index (χ0v) is 14.3. The van der Waals surface area contributed by atoms with Crippen LogP contribution in [-0.2, 0) is 0 Å². The maximum absolute atomic E-state index is 4.52. The summed E-state index contributed by atoms with van der Waals surface area (Å²) in [5.74, 6) is 1.92. The van der Waals surface area contributed by atoms with Crippen LogP contribution in [0, 0.1) is 5.41 Å². The van der Waals surface area contributed by atoms with E-state index in [0.29, 0.717) is 5.41 Å². The first-order chi connectivity index (χ1) is 10.2. The van der Waals surface area contributed by atoms with Crippen LogP contribution >= 0.6 is 12.4 Å². The summed E-state index contributed by atoms with van der Waals surface area (Å²) in [5.41, 5.74) is 1.82. The van der Waals surface area contributed by atoms with Crippen molar-refractivity contribution in [3.05, 3.63) is 11.8 Å². The highest BCUT2D eigenvalue weighted by atomic mass is 35.5. The number of hydrogen-bond acceptors (Lipinski definition) is 4. The van der Waals surface area contributed by atoms with Crippen molar-refractivity contribution >= 4 is 18.2 Å². The van der Waals surface area contributed by atoms with Crippen LogP contribution in [0.2, 0.25) is 0 Å². The molecule has 3 heterocycles. The van der Waals surface area contributed by atoms with Crippen molar-refractivity contribution in [1.29, 1.82) is 0 Å². The van der Waals surface area contributed by atoms with Crippen LogP contribution in [0.1, 0.15) is 37.8 Å². The van der Waals surface area contributed by atoms with E-state index in [0.717, 1.165) is 24.8 Å². The summed E-state index contributed by atoms with van der Waals surface area (Å²) in [6.45, 7) is 10.6. The van der Waals surface area contributed by atoms with Gasteiger partial charge in [-0.3, -0.25) is 10.00 Å². The molecular formula is C16H28ClN5. The highest BCUT2D eigenvalue weighted by molar-refractivity contribution is 5.85. The molecule has 1 saturated carbocycles. The smallest absolute Gasteiger partial charge is 0.150 e. The van der Waals surface area contributed by atoms with Gasteiger partial charge in [0.05, 0.1) is 0 Å². The first kappa shape index (κ1) is 16.1. The van der Waals surface area contributed by atoms with Gasteiger partial charge in [-0.25, -0.2) is 0 Å². The lowest BCUT2D eigenvalue weighted by molar-refractivity contribution is 0.169. The van der Waals surface area contributed by atoms with Crippen LogP contribution < -0.4 is 10.2 Å². The van der Waals surface area contributed by atoms with Gasteiger partial charge in [-0.1, -0.05) is 6.92 Å². The normalized spacial score (nSPS) is 29.6. The standard InChI is InChI=1S/C16H27N5.ClH/c1-16(4-5-17-11-16)12-20-6-8-21(9-7-20)15-10-14(18-19-15)13-2-3-13;/h10,13,17H,2-9,11-12H2,1H3,(H,18,19);1H. The van der Waals surface area contributed by atoms with Crippen molar-refractivity contribution < 1.29 is 0 Å². The number of anilines is 1. The summed E-state index contributed by atoms with van der Waals surface area (Å²) in [6, 6.07) is 2.27. The lowest BCUT2D eigenvalue weighted by Crippen LogP contribution is -2.50. The Morgan fingerprint density at radius 2 is 2.05 bits per heavy atom. The average molecular weight is 326 g/mol. The fraction of sp³-hybridized carbons (Fsp3) is 0.812. The Balaban J connectivity index is 0.00000144. The van der Waals surface area contributed by atoms with Crippen LogP contribution in [0.3, 0.4) is 0 Å². The molecule has 124 valence electrons. The van der Waals surface area contributed by atoms with Crippen molar-refractivity contribution in [2.45, 2.75) is 32.1 Å². The molecular weight excluding hydrogens is 298 g/mol. The maximum Gasteiger partial charge on any atom is 0.150 e. The lowest BCUT2D eigenvalue weighted by Gasteiger charge is -2.38. The second-order valence-corrected chi connectivity index (χ2v) is 7.46. The third kappa shape index (κ3) is 3.42. The number of rotatable bonds is 4. The molecule has 3 aliphatic rings. The summed E-state index contributed by atoms with van der Waals surface area (Å²) < 4.78 is 0. The summed E-state index contributed by atoms with van der Waals surface area (Å²) >= 11 is 0. The number of aromatic nitrogens is 2. The van der Waals surface area contributed by atoms with Gasteiger partial charge in [-0.05, 0) is 31.2 Å². The van der Waals surface area contributed by atoms with E-state index in [1.165, 1.54) is 57.7 Å². The Morgan fingerprint density at radius 1 is 1.27 bits per heavy atom. The molecule has 1 aromatic heterocycles. The number of halogens is 1. The minimum atomic E-state index is 0. The second-order valence-electron chi connectivity index (χ2n) is 7.46. The van der Waals surface area contributed by atoms with Gasteiger partial charge in [0.25, 0.3) is 0 Å². The van der Waals surface area contributed by atoms with Crippen molar-refractivity contribution in [3.63, 3.8) is 0 Å². The van der Waals surface area contributed by atoms with Crippen molar-refractivity contribution in [2.24, 2.45) is 5.41 Å². The highest BCUT2D eigenvalue weighted by Crippen LogP contribution is 2.39. The minimum Gasteiger partial charge on any atom is -0.353 e. The van der Waals surface area contributed by atoms with Gasteiger partial charge in [0.1, 0.15) is 0 Å². The zero-order chi connectivity index (χ0) is 14.3. The minimum absolute atomic E-state index is 0. The monoisotopic (exact) mass is 325 g/mol. The highest BCUT2D eigenvalue weighted by Gasteiger charge is 2.32. The molecule has 0 radical (unpaired) electrons. The molecule has 1 atom stereocenters. The average Bonchev–Trinajstić information content (AvgIpc) is 3.06. The summed E-state index contributed by atoms with van der Waals surface area (Å²) in [5, 5.41) is 11.2. The van der Waals surface area contributed by atoms with Gasteiger partial charge in [0.2, 0.25) is 0 Å². The number of aromatic amines is 1. The summed E-state index contributed by atoms with van der Waals surface area (Å²) in [6.07, 6.45) is 3.99. The van der Waals surface area contributed by atoms with Gasteiger partial charge < -0.3 is 10.2 Å². The van der Waals surface area contributed by atoms with Crippen LogP contribution in [0.15, 0.2) is 6.07 Å². The third-order valence-electron chi connectivity index (χ3n) is 5.36. The van der Waals surface area contributed by atoms with E-state index >= 15 is 0 Å². The quantitative estimate of drug-likeness (QED) is 0.886. The molecule has 22 heavy (non-hydrogen) atoms. The molecule has 2 N–H and O–H groups in total. The van der Waals surface area contributed by atoms with Crippen molar-refractivity contribution in [3.8, 4) is 0 Å². The molecule has 0 amide bonds. The Kier molecular flexibility index (Phi) is 4.67. The molecule has 1 aromatic rings. The first-order valence-corrected chi connectivity index (χ1v) is 8.45. The Labute approximate surface area is 139 Å². The van der Waals surface area contributed by atoms with Gasteiger partial charge in [0, 0.05) is 56.9 Å². The number of nitrogens with one attached hydrogen (secondary N) is 2. The molecule has 6 heteroatoms. The molecule has 5 nitrogen and oxygen atoms in total. The van der Waals surface area contributed by atoms with E-state index in [-0.39, 0.29) is 12.4 Å². The summed E-state index contributed by atoms with van der Waals surface area (Å²) in [7, 11) is 0. The molecule has 2 saturated heterocycles. The molecule has 1 aliphatic carbocycles. The van der Waals surface area contributed by atoms with E-state index in [1.54, 1.807) is 0 Å². The lowest BCUT2D eigenvalue weighted by atomic mass is 9.89. The Bertz CT molecular complexity index is 484. The molecule has 0 aromatic carbocycles. The fourth-order valence-electron chi connectivity index (χ4n) is 3.77. The largest absolute Gasteiger partial charge is 0.353 e. The van der Waals surface area contributed by atoms with E-state index < -0.39 is 0 Å². The molecule has 4 rings (SSSR count). The van der Waals surface area contributed by atoms with E-state index in [9.17, 15) is 0 Å². The maximum atomic E-state index is 4.52. The van der Waals surface area contributed by atoms with Crippen LogP contribution in [0.5, 0.6) is 0 Å². The fourth-order valence-corrected chi connectivity index (χ4v) is 3.77. The van der Waals surface area contributed by atoms with Crippen molar-refractivity contribution in [1.82, 2.24) is 20.4 Å².